The van der Waals surface area contributed by atoms with Crippen molar-refractivity contribution in [1.29, 1.82) is 0 Å². The second-order valence-electron chi connectivity index (χ2n) is 7.47. The van der Waals surface area contributed by atoms with Crippen LogP contribution in [-0.4, -0.2) is 6.29 Å². The fourth-order valence-electron chi connectivity index (χ4n) is 6.02. The standard InChI is InChI=1S/C18H17F3O/c19-18(20,21)17-15-10-3-1-8(5-10)13(15)12(7-22)14-9-2-4-11(6-9)16(14)17/h7-11H,1-6H2/t8-,9-,10+,11+/m0/s1. The molecule has 0 N–H and O–H groups in total. The zero-order valence-electron chi connectivity index (χ0n) is 12.2. The van der Waals surface area contributed by atoms with E-state index in [1.165, 1.54) is 0 Å². The number of aldehydes is 1. The van der Waals surface area contributed by atoms with Crippen molar-refractivity contribution >= 4 is 6.29 Å². The van der Waals surface area contributed by atoms with Gasteiger partial charge in [-0.1, -0.05) is 0 Å². The third-order valence-corrected chi connectivity index (χ3v) is 6.60. The summed E-state index contributed by atoms with van der Waals surface area (Å²) in [5, 5.41) is 0. The number of benzene rings is 1. The first-order valence-electron chi connectivity index (χ1n) is 8.26. The van der Waals surface area contributed by atoms with Gasteiger partial charge in [0.25, 0.3) is 0 Å². The van der Waals surface area contributed by atoms with E-state index in [-0.39, 0.29) is 29.2 Å². The van der Waals surface area contributed by atoms with Crippen LogP contribution in [0, 0.1) is 0 Å². The van der Waals surface area contributed by atoms with E-state index in [9.17, 15) is 18.0 Å². The molecule has 2 fully saturated rings. The largest absolute Gasteiger partial charge is 0.416 e. The van der Waals surface area contributed by atoms with Crippen molar-refractivity contribution in [3.8, 4) is 0 Å². The van der Waals surface area contributed by atoms with Crippen molar-refractivity contribution in [1.82, 2.24) is 0 Å². The quantitative estimate of drug-likeness (QED) is 0.648. The van der Waals surface area contributed by atoms with Gasteiger partial charge in [-0.2, -0.15) is 13.2 Å². The highest BCUT2D eigenvalue weighted by molar-refractivity contribution is 5.85. The van der Waals surface area contributed by atoms with Crippen LogP contribution in [0.1, 0.15) is 100 Å². The molecule has 0 spiro atoms. The van der Waals surface area contributed by atoms with Crippen LogP contribution in [0.2, 0.25) is 0 Å². The molecule has 0 unspecified atom stereocenters. The van der Waals surface area contributed by atoms with Crippen LogP contribution in [0.3, 0.4) is 0 Å². The lowest BCUT2D eigenvalue weighted by molar-refractivity contribution is -0.139. The van der Waals surface area contributed by atoms with Gasteiger partial charge < -0.3 is 0 Å². The van der Waals surface area contributed by atoms with E-state index in [2.05, 4.69) is 0 Å². The lowest BCUT2D eigenvalue weighted by atomic mass is 9.76. The second kappa shape index (κ2) is 3.95. The molecule has 4 heteroatoms. The van der Waals surface area contributed by atoms with E-state index in [0.717, 1.165) is 55.9 Å². The number of hydrogen-bond acceptors (Lipinski definition) is 1. The maximum Gasteiger partial charge on any atom is 0.416 e. The summed E-state index contributed by atoms with van der Waals surface area (Å²) in [6.45, 7) is 0. The zero-order chi connectivity index (χ0) is 15.2. The molecular weight excluding hydrogens is 289 g/mol. The van der Waals surface area contributed by atoms with Crippen molar-refractivity contribution in [3.63, 3.8) is 0 Å². The van der Waals surface area contributed by atoms with Crippen LogP contribution in [0.5, 0.6) is 0 Å². The first-order valence-corrected chi connectivity index (χ1v) is 8.26. The third-order valence-electron chi connectivity index (χ3n) is 6.60. The number of carbonyl (C=O) groups excluding carboxylic acids is 1. The molecule has 1 nitrogen and oxygen atoms in total. The van der Waals surface area contributed by atoms with E-state index in [1.807, 2.05) is 0 Å². The molecule has 0 radical (unpaired) electrons. The van der Waals surface area contributed by atoms with Gasteiger partial charge in [0, 0.05) is 5.56 Å². The van der Waals surface area contributed by atoms with Crippen LogP contribution in [0.25, 0.3) is 0 Å². The molecular formula is C18H17F3O. The van der Waals surface area contributed by atoms with Gasteiger partial charge in [0.05, 0.1) is 5.56 Å². The smallest absolute Gasteiger partial charge is 0.298 e. The summed E-state index contributed by atoms with van der Waals surface area (Å²) in [7, 11) is 0. The first kappa shape index (κ1) is 13.1. The van der Waals surface area contributed by atoms with Crippen LogP contribution >= 0.6 is 0 Å². The Morgan fingerprint density at radius 1 is 0.773 bits per heavy atom. The Hall–Kier alpha value is -1.32. The number of fused-ring (bicyclic) bond motifs is 10. The maximum absolute atomic E-state index is 13.9. The van der Waals surface area contributed by atoms with Crippen molar-refractivity contribution in [2.24, 2.45) is 0 Å². The van der Waals surface area contributed by atoms with E-state index < -0.39 is 6.18 Å². The van der Waals surface area contributed by atoms with Crippen LogP contribution in [0.15, 0.2) is 0 Å². The van der Waals surface area contributed by atoms with E-state index >= 15 is 0 Å². The lowest BCUT2D eigenvalue weighted by Crippen LogP contribution is -2.21. The molecule has 22 heavy (non-hydrogen) atoms. The van der Waals surface area contributed by atoms with Crippen molar-refractivity contribution in [2.75, 3.05) is 0 Å². The highest BCUT2D eigenvalue weighted by atomic mass is 19.4. The second-order valence-corrected chi connectivity index (χ2v) is 7.47. The van der Waals surface area contributed by atoms with Crippen molar-refractivity contribution < 1.29 is 18.0 Å². The van der Waals surface area contributed by atoms with Gasteiger partial charge in [-0.25, -0.2) is 0 Å². The fourth-order valence-corrected chi connectivity index (χ4v) is 6.02. The minimum Gasteiger partial charge on any atom is -0.298 e. The summed E-state index contributed by atoms with van der Waals surface area (Å²) in [5.74, 6) is 0.427. The van der Waals surface area contributed by atoms with Gasteiger partial charge in [-0.3, -0.25) is 4.79 Å². The zero-order valence-corrected chi connectivity index (χ0v) is 12.2. The van der Waals surface area contributed by atoms with Crippen LogP contribution in [0.4, 0.5) is 13.2 Å². The maximum atomic E-state index is 13.9. The van der Waals surface area contributed by atoms with Gasteiger partial charge in [0.15, 0.2) is 6.29 Å². The number of hydrogen-bond donors (Lipinski definition) is 0. The van der Waals surface area contributed by atoms with Gasteiger partial charge >= 0.3 is 6.18 Å². The monoisotopic (exact) mass is 306 g/mol. The topological polar surface area (TPSA) is 17.1 Å². The van der Waals surface area contributed by atoms with Gasteiger partial charge in [0.2, 0.25) is 0 Å². The molecule has 0 aromatic heterocycles. The van der Waals surface area contributed by atoms with Crippen LogP contribution in [-0.2, 0) is 6.18 Å². The number of halogens is 3. The first-order chi connectivity index (χ1) is 10.5. The molecule has 5 rings (SSSR count). The molecule has 0 aliphatic heterocycles. The fraction of sp³-hybridized carbons (Fsp3) is 0.611. The molecule has 2 saturated carbocycles. The average molecular weight is 306 g/mol. The number of rotatable bonds is 1. The average Bonchev–Trinajstić information content (AvgIpc) is 3.22. The summed E-state index contributed by atoms with van der Waals surface area (Å²) in [5.41, 5.74) is 2.91. The van der Waals surface area contributed by atoms with Gasteiger partial charge in [-0.15, -0.1) is 0 Å². The minimum atomic E-state index is -4.29. The molecule has 0 heterocycles. The highest BCUT2D eigenvalue weighted by Gasteiger charge is 2.52. The SMILES string of the molecule is O=Cc1c2c(c(C(F)(F)F)c3c1[C@H]1CC[C@@H]3C1)[C@@H]1CC[C@H]2C1. The Balaban J connectivity index is 1.92. The van der Waals surface area contributed by atoms with Crippen molar-refractivity contribution in [2.45, 2.75) is 68.4 Å². The molecule has 0 saturated heterocycles. The highest BCUT2D eigenvalue weighted by Crippen LogP contribution is 2.64. The Labute approximate surface area is 126 Å². The van der Waals surface area contributed by atoms with Gasteiger partial charge in [-0.05, 0) is 84.5 Å². The number of alkyl halides is 3. The summed E-state index contributed by atoms with van der Waals surface area (Å²) in [4.78, 5) is 11.8. The lowest BCUT2D eigenvalue weighted by Gasteiger charge is -2.30. The summed E-state index contributed by atoms with van der Waals surface area (Å²) in [6.07, 6.45) is 1.81. The predicted molar refractivity (Wildman–Crippen MR) is 75.5 cm³/mol. The Morgan fingerprint density at radius 3 is 1.55 bits per heavy atom. The molecule has 1 aromatic carbocycles. The molecule has 0 amide bonds. The van der Waals surface area contributed by atoms with Crippen LogP contribution < -0.4 is 0 Å². The van der Waals surface area contributed by atoms with E-state index in [1.54, 1.807) is 0 Å². The van der Waals surface area contributed by atoms with Gasteiger partial charge in [0.1, 0.15) is 0 Å². The Bertz CT molecular complexity index is 656. The predicted octanol–water partition coefficient (Wildman–Crippen LogP) is 5.25. The normalized spacial score (nSPS) is 34.1. The molecule has 4 aliphatic carbocycles. The minimum absolute atomic E-state index is 0.0275. The summed E-state index contributed by atoms with van der Waals surface area (Å²) < 4.78 is 41.7. The molecule has 4 bridgehead atoms. The Morgan fingerprint density at radius 2 is 1.18 bits per heavy atom. The Kier molecular flexibility index (Phi) is 2.36. The molecule has 1 aromatic rings. The van der Waals surface area contributed by atoms with E-state index in [4.69, 9.17) is 0 Å². The summed E-state index contributed by atoms with van der Waals surface area (Å²) in [6, 6.07) is 0. The van der Waals surface area contributed by atoms with Crippen molar-refractivity contribution in [3.05, 3.63) is 33.4 Å². The molecule has 4 aliphatic rings. The third kappa shape index (κ3) is 1.40. The van der Waals surface area contributed by atoms with E-state index in [0.29, 0.717) is 16.7 Å². The molecule has 116 valence electrons. The molecule has 4 atom stereocenters. The summed E-state index contributed by atoms with van der Waals surface area (Å²) >= 11 is 0. The number of carbonyl (C=O) groups is 1.